The van der Waals surface area contributed by atoms with Crippen LogP contribution in [0.1, 0.15) is 23.0 Å². The molecule has 0 fully saturated rings. The molecule has 0 atom stereocenters. The molecule has 1 amide bonds. The summed E-state index contributed by atoms with van der Waals surface area (Å²) in [6.45, 7) is 2.41. The molecule has 1 heterocycles. The van der Waals surface area contributed by atoms with Crippen LogP contribution in [0, 0.1) is 0 Å². The van der Waals surface area contributed by atoms with Crippen molar-refractivity contribution in [3.63, 3.8) is 0 Å². The van der Waals surface area contributed by atoms with Gasteiger partial charge in [0.2, 0.25) is 5.89 Å². The van der Waals surface area contributed by atoms with Crippen molar-refractivity contribution in [3.8, 4) is 17.2 Å². The van der Waals surface area contributed by atoms with Crippen LogP contribution in [0.15, 0.2) is 59.2 Å². The van der Waals surface area contributed by atoms with E-state index in [-0.39, 0.29) is 11.6 Å². The molecule has 0 aliphatic carbocycles. The molecule has 140 valence electrons. The second-order valence-electron chi connectivity index (χ2n) is 5.52. The monoisotopic (exact) mass is 376 g/mol. The van der Waals surface area contributed by atoms with E-state index in [0.717, 1.165) is 18.4 Å². The third-order valence-corrected chi connectivity index (χ3v) is 3.62. The fourth-order valence-electron chi connectivity index (χ4n) is 2.31. The van der Waals surface area contributed by atoms with Gasteiger partial charge in [0.25, 0.3) is 5.91 Å². The van der Waals surface area contributed by atoms with E-state index in [1.54, 1.807) is 24.3 Å². The van der Waals surface area contributed by atoms with Crippen LogP contribution in [0.25, 0.3) is 11.5 Å². The first-order valence-electron chi connectivity index (χ1n) is 8.04. The highest BCUT2D eigenvalue weighted by atomic mass is 19.4. The predicted octanol–water partition coefficient (Wildman–Crippen LogP) is 5.01. The van der Waals surface area contributed by atoms with E-state index < -0.39 is 17.6 Å². The number of hydrogen-bond acceptors (Lipinski definition) is 4. The maximum absolute atomic E-state index is 12.6. The minimum Gasteiger partial charge on any atom is -0.494 e. The molecule has 1 aromatic heterocycles. The lowest BCUT2D eigenvalue weighted by molar-refractivity contribution is -0.137. The van der Waals surface area contributed by atoms with E-state index in [2.05, 4.69) is 10.3 Å². The number of nitrogens with one attached hydrogen (secondary N) is 1. The van der Waals surface area contributed by atoms with Gasteiger partial charge in [-0.15, -0.1) is 0 Å². The molecule has 0 radical (unpaired) electrons. The van der Waals surface area contributed by atoms with Crippen molar-refractivity contribution in [3.05, 3.63) is 66.1 Å². The van der Waals surface area contributed by atoms with Gasteiger partial charge in [-0.05, 0) is 55.5 Å². The number of oxazole rings is 1. The minimum absolute atomic E-state index is 0.0128. The zero-order valence-electron chi connectivity index (χ0n) is 14.2. The number of alkyl halides is 3. The van der Waals surface area contributed by atoms with Crippen LogP contribution in [0.3, 0.4) is 0 Å². The molecular weight excluding hydrogens is 361 g/mol. The number of hydrogen-bond donors (Lipinski definition) is 1. The van der Waals surface area contributed by atoms with Gasteiger partial charge in [0.15, 0.2) is 5.69 Å². The summed E-state index contributed by atoms with van der Waals surface area (Å²) in [6.07, 6.45) is -3.27. The Morgan fingerprint density at radius 1 is 1.11 bits per heavy atom. The number of rotatable bonds is 5. The molecule has 1 N–H and O–H groups in total. The average Bonchev–Trinajstić information content (AvgIpc) is 3.13. The van der Waals surface area contributed by atoms with Crippen molar-refractivity contribution in [2.45, 2.75) is 13.1 Å². The lowest BCUT2D eigenvalue weighted by Crippen LogP contribution is -2.12. The van der Waals surface area contributed by atoms with E-state index in [1.165, 1.54) is 12.1 Å². The van der Waals surface area contributed by atoms with Crippen LogP contribution >= 0.6 is 0 Å². The first kappa shape index (κ1) is 18.5. The molecule has 0 aliphatic rings. The van der Waals surface area contributed by atoms with Gasteiger partial charge in [0.1, 0.15) is 12.0 Å². The molecule has 2 aromatic carbocycles. The summed E-state index contributed by atoms with van der Waals surface area (Å²) >= 11 is 0. The lowest BCUT2D eigenvalue weighted by Gasteiger charge is -2.06. The third kappa shape index (κ3) is 4.46. The predicted molar refractivity (Wildman–Crippen MR) is 92.5 cm³/mol. The Labute approximate surface area is 152 Å². The summed E-state index contributed by atoms with van der Waals surface area (Å²) in [4.78, 5) is 16.3. The van der Waals surface area contributed by atoms with Crippen molar-refractivity contribution < 1.29 is 27.1 Å². The third-order valence-electron chi connectivity index (χ3n) is 3.62. The standard InChI is InChI=1S/C19H15F3N2O3/c1-2-26-15-9-7-14(8-10-15)23-17(25)16-11-27-18(24-16)12-3-5-13(6-4-12)19(20,21)22/h3-11H,2H2,1H3,(H,23,25). The lowest BCUT2D eigenvalue weighted by atomic mass is 10.1. The number of aromatic nitrogens is 1. The fourth-order valence-corrected chi connectivity index (χ4v) is 2.31. The van der Waals surface area contributed by atoms with Crippen molar-refractivity contribution >= 4 is 11.6 Å². The van der Waals surface area contributed by atoms with Crippen LogP contribution in [0.2, 0.25) is 0 Å². The van der Waals surface area contributed by atoms with Gasteiger partial charge in [-0.2, -0.15) is 13.2 Å². The molecule has 27 heavy (non-hydrogen) atoms. The zero-order chi connectivity index (χ0) is 19.4. The molecule has 3 aromatic rings. The Kier molecular flexibility index (Phi) is 5.16. The first-order chi connectivity index (χ1) is 12.9. The SMILES string of the molecule is CCOc1ccc(NC(=O)c2coc(-c3ccc(C(F)(F)F)cc3)n2)cc1. The molecule has 0 unspecified atom stereocenters. The van der Waals surface area contributed by atoms with Crippen molar-refractivity contribution in [1.29, 1.82) is 0 Å². The Hall–Kier alpha value is -3.29. The van der Waals surface area contributed by atoms with E-state index in [0.29, 0.717) is 23.6 Å². The van der Waals surface area contributed by atoms with Crippen LogP contribution in [-0.2, 0) is 6.18 Å². The maximum Gasteiger partial charge on any atom is 0.416 e. The number of nitrogens with zero attached hydrogens (tertiary/aromatic N) is 1. The molecule has 0 spiro atoms. The molecule has 3 rings (SSSR count). The van der Waals surface area contributed by atoms with Crippen LogP contribution in [0.5, 0.6) is 5.75 Å². The summed E-state index contributed by atoms with van der Waals surface area (Å²) in [7, 11) is 0. The number of halogens is 3. The van der Waals surface area contributed by atoms with Crippen LogP contribution < -0.4 is 10.1 Å². The highest BCUT2D eigenvalue weighted by Gasteiger charge is 2.30. The Morgan fingerprint density at radius 3 is 2.37 bits per heavy atom. The van der Waals surface area contributed by atoms with E-state index in [4.69, 9.17) is 9.15 Å². The zero-order valence-corrected chi connectivity index (χ0v) is 14.2. The molecule has 8 heteroatoms. The molecule has 0 bridgehead atoms. The molecular formula is C19H15F3N2O3. The van der Waals surface area contributed by atoms with Crippen LogP contribution in [0.4, 0.5) is 18.9 Å². The highest BCUT2D eigenvalue weighted by Crippen LogP contribution is 2.30. The average molecular weight is 376 g/mol. The highest BCUT2D eigenvalue weighted by molar-refractivity contribution is 6.02. The number of carbonyl (C=O) groups excluding carboxylic acids is 1. The first-order valence-corrected chi connectivity index (χ1v) is 8.04. The Morgan fingerprint density at radius 2 is 1.78 bits per heavy atom. The molecule has 5 nitrogen and oxygen atoms in total. The summed E-state index contributed by atoms with van der Waals surface area (Å²) in [5.74, 6) is 0.239. The van der Waals surface area contributed by atoms with Gasteiger partial charge in [-0.1, -0.05) is 0 Å². The smallest absolute Gasteiger partial charge is 0.416 e. The number of benzene rings is 2. The van der Waals surface area contributed by atoms with Crippen molar-refractivity contribution in [2.75, 3.05) is 11.9 Å². The fraction of sp³-hybridized carbons (Fsp3) is 0.158. The summed E-state index contributed by atoms with van der Waals surface area (Å²) in [5.41, 5.74) is 0.121. The van der Waals surface area contributed by atoms with Gasteiger partial charge >= 0.3 is 6.18 Å². The molecule has 0 aliphatic heterocycles. The number of ether oxygens (including phenoxy) is 1. The minimum atomic E-state index is -4.42. The largest absolute Gasteiger partial charge is 0.494 e. The van der Waals surface area contributed by atoms with Gasteiger partial charge in [-0.3, -0.25) is 4.79 Å². The second-order valence-corrected chi connectivity index (χ2v) is 5.52. The maximum atomic E-state index is 12.6. The molecule has 0 saturated carbocycles. The van der Waals surface area contributed by atoms with Gasteiger partial charge in [0.05, 0.1) is 12.2 Å². The topological polar surface area (TPSA) is 64.4 Å². The van der Waals surface area contributed by atoms with E-state index in [9.17, 15) is 18.0 Å². The normalized spacial score (nSPS) is 11.3. The number of carbonyl (C=O) groups is 1. The summed E-state index contributed by atoms with van der Waals surface area (Å²) in [6, 6.07) is 11.1. The molecule has 0 saturated heterocycles. The summed E-state index contributed by atoms with van der Waals surface area (Å²) < 4.78 is 48.4. The van der Waals surface area contributed by atoms with Gasteiger partial charge in [-0.25, -0.2) is 4.98 Å². The summed E-state index contributed by atoms with van der Waals surface area (Å²) in [5, 5.41) is 2.66. The number of anilines is 1. The second kappa shape index (κ2) is 7.53. The number of amides is 1. The van der Waals surface area contributed by atoms with Gasteiger partial charge in [0, 0.05) is 11.3 Å². The van der Waals surface area contributed by atoms with E-state index >= 15 is 0 Å². The quantitative estimate of drug-likeness (QED) is 0.680. The van der Waals surface area contributed by atoms with Crippen LogP contribution in [-0.4, -0.2) is 17.5 Å². The Bertz CT molecular complexity index is 917. The van der Waals surface area contributed by atoms with Crippen molar-refractivity contribution in [2.24, 2.45) is 0 Å². The van der Waals surface area contributed by atoms with Gasteiger partial charge < -0.3 is 14.5 Å². The van der Waals surface area contributed by atoms with Crippen molar-refractivity contribution in [1.82, 2.24) is 4.98 Å². The Balaban J connectivity index is 1.70. The van der Waals surface area contributed by atoms with E-state index in [1.807, 2.05) is 6.92 Å².